The maximum absolute atomic E-state index is 13.2. The van der Waals surface area contributed by atoms with Gasteiger partial charge in [-0.05, 0) is 42.7 Å². The van der Waals surface area contributed by atoms with Gasteiger partial charge in [0, 0.05) is 29.7 Å². The molecule has 26 heavy (non-hydrogen) atoms. The molecule has 0 saturated heterocycles. The normalized spacial score (nSPS) is 13.6. The number of aromatic amines is 1. The number of rotatable bonds is 3. The molecule has 0 saturated carbocycles. The fourth-order valence-corrected chi connectivity index (χ4v) is 3.77. The first-order valence-corrected chi connectivity index (χ1v) is 8.72. The number of amides is 1. The van der Waals surface area contributed by atoms with Gasteiger partial charge in [-0.3, -0.25) is 4.79 Å². The molecule has 0 spiro atoms. The number of aromatic nitrogens is 1. The third-order valence-corrected chi connectivity index (χ3v) is 5.11. The van der Waals surface area contributed by atoms with Gasteiger partial charge >= 0.3 is 0 Å². The van der Waals surface area contributed by atoms with E-state index < -0.39 is 0 Å². The van der Waals surface area contributed by atoms with Crippen LogP contribution in [0.5, 0.6) is 11.5 Å². The predicted octanol–water partition coefficient (Wildman–Crippen LogP) is 3.69. The molecule has 0 fully saturated rings. The Morgan fingerprint density at radius 3 is 2.50 bits per heavy atom. The van der Waals surface area contributed by atoms with Crippen molar-refractivity contribution in [2.75, 3.05) is 20.8 Å². The van der Waals surface area contributed by atoms with Crippen molar-refractivity contribution in [2.45, 2.75) is 19.9 Å². The lowest BCUT2D eigenvalue weighted by atomic mass is 9.98. The first-order chi connectivity index (χ1) is 12.6. The van der Waals surface area contributed by atoms with Crippen LogP contribution >= 0.6 is 0 Å². The topological polar surface area (TPSA) is 54.6 Å². The molecule has 3 aromatic rings. The lowest BCUT2D eigenvalue weighted by Gasteiger charge is -2.29. The minimum atomic E-state index is 0.0698. The molecule has 2 heterocycles. The number of hydrogen-bond donors (Lipinski definition) is 1. The average molecular weight is 350 g/mol. The van der Waals surface area contributed by atoms with Crippen molar-refractivity contribution >= 4 is 16.8 Å². The summed E-state index contributed by atoms with van der Waals surface area (Å²) in [5.41, 5.74) is 5.00. The van der Waals surface area contributed by atoms with Crippen LogP contribution < -0.4 is 9.47 Å². The Labute approximate surface area is 152 Å². The first-order valence-electron chi connectivity index (χ1n) is 8.72. The Morgan fingerprint density at radius 1 is 1.08 bits per heavy atom. The van der Waals surface area contributed by atoms with Gasteiger partial charge in [-0.25, -0.2) is 0 Å². The Balaban J connectivity index is 1.68. The van der Waals surface area contributed by atoms with Crippen LogP contribution in [0.4, 0.5) is 0 Å². The molecule has 0 atom stereocenters. The number of nitrogens with zero attached hydrogens (tertiary/aromatic N) is 1. The SMILES string of the molecule is COc1cc2c(cc1OC)CN(C(=O)c1c(C)[nH]c3ccccc13)CC2. The van der Waals surface area contributed by atoms with Crippen molar-refractivity contribution < 1.29 is 14.3 Å². The molecular formula is C21H22N2O3. The van der Waals surface area contributed by atoms with Gasteiger partial charge in [0.05, 0.1) is 19.8 Å². The monoisotopic (exact) mass is 350 g/mol. The molecule has 1 aromatic heterocycles. The quantitative estimate of drug-likeness (QED) is 0.784. The smallest absolute Gasteiger partial charge is 0.256 e. The van der Waals surface area contributed by atoms with Crippen molar-refractivity contribution in [3.8, 4) is 11.5 Å². The summed E-state index contributed by atoms with van der Waals surface area (Å²) in [4.78, 5) is 18.5. The summed E-state index contributed by atoms with van der Waals surface area (Å²) in [6.45, 7) is 3.23. The molecule has 1 N–H and O–H groups in total. The largest absolute Gasteiger partial charge is 0.493 e. The summed E-state index contributed by atoms with van der Waals surface area (Å²) in [7, 11) is 3.27. The number of aryl methyl sites for hydroxylation is 1. The van der Waals surface area contributed by atoms with Gasteiger partial charge in [-0.1, -0.05) is 18.2 Å². The lowest BCUT2D eigenvalue weighted by molar-refractivity contribution is 0.0735. The number of hydrogen-bond acceptors (Lipinski definition) is 3. The van der Waals surface area contributed by atoms with Gasteiger partial charge in [0.1, 0.15) is 0 Å². The highest BCUT2D eigenvalue weighted by Crippen LogP contribution is 2.34. The lowest BCUT2D eigenvalue weighted by Crippen LogP contribution is -2.36. The number of carbonyl (C=O) groups is 1. The van der Waals surface area contributed by atoms with E-state index in [0.717, 1.165) is 39.9 Å². The summed E-state index contributed by atoms with van der Waals surface area (Å²) in [5.74, 6) is 1.50. The van der Waals surface area contributed by atoms with Crippen molar-refractivity contribution in [1.29, 1.82) is 0 Å². The van der Waals surface area contributed by atoms with E-state index in [1.807, 2.05) is 48.2 Å². The number of nitrogens with one attached hydrogen (secondary N) is 1. The van der Waals surface area contributed by atoms with Gasteiger partial charge in [0.15, 0.2) is 11.5 Å². The van der Waals surface area contributed by atoms with Crippen molar-refractivity contribution in [3.63, 3.8) is 0 Å². The number of ether oxygens (including phenoxy) is 2. The molecule has 134 valence electrons. The van der Waals surface area contributed by atoms with Crippen molar-refractivity contribution in [3.05, 3.63) is 58.8 Å². The van der Waals surface area contributed by atoms with Crippen LogP contribution in [0.25, 0.3) is 10.9 Å². The molecule has 0 unspecified atom stereocenters. The molecule has 5 nitrogen and oxygen atoms in total. The van der Waals surface area contributed by atoms with Crippen LogP contribution in [0, 0.1) is 6.92 Å². The standard InChI is InChI=1S/C21H22N2O3/c1-13-20(16-6-4-5-7-17(16)22-13)21(24)23-9-8-14-10-18(25-2)19(26-3)11-15(14)12-23/h4-7,10-11,22H,8-9,12H2,1-3H3. The van der Waals surface area contributed by atoms with Crippen LogP contribution in [0.15, 0.2) is 36.4 Å². The second-order valence-electron chi connectivity index (χ2n) is 6.62. The van der Waals surface area contributed by atoms with E-state index in [0.29, 0.717) is 18.8 Å². The van der Waals surface area contributed by atoms with E-state index in [9.17, 15) is 4.79 Å². The second kappa shape index (κ2) is 6.41. The molecule has 0 aliphatic carbocycles. The van der Waals surface area contributed by atoms with E-state index in [1.165, 1.54) is 5.56 Å². The predicted molar refractivity (Wildman–Crippen MR) is 101 cm³/mol. The van der Waals surface area contributed by atoms with Crippen LogP contribution in [-0.4, -0.2) is 36.6 Å². The van der Waals surface area contributed by atoms with E-state index in [2.05, 4.69) is 4.98 Å². The van der Waals surface area contributed by atoms with E-state index in [1.54, 1.807) is 14.2 Å². The second-order valence-corrected chi connectivity index (χ2v) is 6.62. The van der Waals surface area contributed by atoms with Crippen molar-refractivity contribution in [2.24, 2.45) is 0 Å². The maximum atomic E-state index is 13.2. The minimum Gasteiger partial charge on any atom is -0.493 e. The highest BCUT2D eigenvalue weighted by molar-refractivity contribution is 6.08. The van der Waals surface area contributed by atoms with Gasteiger partial charge in [0.25, 0.3) is 5.91 Å². The minimum absolute atomic E-state index is 0.0698. The highest BCUT2D eigenvalue weighted by Gasteiger charge is 2.26. The third kappa shape index (κ3) is 2.60. The first kappa shape index (κ1) is 16.5. The number of fused-ring (bicyclic) bond motifs is 2. The summed E-state index contributed by atoms with van der Waals surface area (Å²) in [5, 5.41) is 0.980. The molecule has 2 aromatic carbocycles. The average Bonchev–Trinajstić information content (AvgIpc) is 3.01. The zero-order valence-corrected chi connectivity index (χ0v) is 15.3. The molecule has 5 heteroatoms. The number of methoxy groups -OCH3 is 2. The molecule has 0 radical (unpaired) electrons. The van der Waals surface area contributed by atoms with Crippen LogP contribution in [0.1, 0.15) is 27.2 Å². The zero-order chi connectivity index (χ0) is 18.3. The Bertz CT molecular complexity index is 990. The molecule has 1 aliphatic rings. The number of H-pyrrole nitrogens is 1. The summed E-state index contributed by atoms with van der Waals surface area (Å²) < 4.78 is 10.8. The van der Waals surface area contributed by atoms with E-state index in [-0.39, 0.29) is 5.91 Å². The summed E-state index contributed by atoms with van der Waals surface area (Å²) in [6, 6.07) is 11.9. The van der Waals surface area contributed by atoms with Crippen LogP contribution in [0.3, 0.4) is 0 Å². The fourth-order valence-electron chi connectivity index (χ4n) is 3.77. The molecule has 4 rings (SSSR count). The number of carbonyl (C=O) groups excluding carboxylic acids is 1. The molecular weight excluding hydrogens is 328 g/mol. The fraction of sp³-hybridized carbons (Fsp3) is 0.286. The Morgan fingerprint density at radius 2 is 1.77 bits per heavy atom. The van der Waals surface area contributed by atoms with E-state index >= 15 is 0 Å². The molecule has 1 aliphatic heterocycles. The van der Waals surface area contributed by atoms with Gasteiger partial charge in [0.2, 0.25) is 0 Å². The zero-order valence-electron chi connectivity index (χ0n) is 15.3. The summed E-state index contributed by atoms with van der Waals surface area (Å²) in [6.07, 6.45) is 0.808. The number of para-hydroxylation sites is 1. The van der Waals surface area contributed by atoms with Crippen LogP contribution in [-0.2, 0) is 13.0 Å². The van der Waals surface area contributed by atoms with Crippen molar-refractivity contribution in [1.82, 2.24) is 9.88 Å². The van der Waals surface area contributed by atoms with E-state index in [4.69, 9.17) is 9.47 Å². The van der Waals surface area contributed by atoms with Gasteiger partial charge < -0.3 is 19.4 Å². The number of benzene rings is 2. The Hall–Kier alpha value is -2.95. The third-order valence-electron chi connectivity index (χ3n) is 5.11. The van der Waals surface area contributed by atoms with Crippen LogP contribution in [0.2, 0.25) is 0 Å². The maximum Gasteiger partial charge on any atom is 0.256 e. The highest BCUT2D eigenvalue weighted by atomic mass is 16.5. The Kier molecular flexibility index (Phi) is 4.07. The molecule has 1 amide bonds. The van der Waals surface area contributed by atoms with Gasteiger partial charge in [-0.15, -0.1) is 0 Å². The summed E-state index contributed by atoms with van der Waals surface area (Å²) >= 11 is 0. The molecule has 0 bridgehead atoms. The van der Waals surface area contributed by atoms with Gasteiger partial charge in [-0.2, -0.15) is 0 Å².